The van der Waals surface area contributed by atoms with Crippen LogP contribution in [0.15, 0.2) is 36.4 Å². The summed E-state index contributed by atoms with van der Waals surface area (Å²) in [4.78, 5) is 14.9. The minimum absolute atomic E-state index is 0.131. The van der Waals surface area contributed by atoms with Gasteiger partial charge in [-0.15, -0.1) is 0 Å². The van der Waals surface area contributed by atoms with Gasteiger partial charge >= 0.3 is 6.18 Å². The van der Waals surface area contributed by atoms with Crippen LogP contribution in [0.4, 0.5) is 24.5 Å². The summed E-state index contributed by atoms with van der Waals surface area (Å²) in [6, 6.07) is 8.64. The number of morpholine rings is 1. The van der Waals surface area contributed by atoms with Gasteiger partial charge in [0.15, 0.2) is 11.5 Å². The Morgan fingerprint density at radius 2 is 1.71 bits per heavy atom. The van der Waals surface area contributed by atoms with Crippen LogP contribution in [0.25, 0.3) is 0 Å². The summed E-state index contributed by atoms with van der Waals surface area (Å²) >= 11 is 0. The lowest BCUT2D eigenvalue weighted by Crippen LogP contribution is -2.37. The number of benzene rings is 2. The molecule has 0 aliphatic carbocycles. The Labute approximate surface area is 177 Å². The van der Waals surface area contributed by atoms with Gasteiger partial charge < -0.3 is 24.4 Å². The van der Waals surface area contributed by atoms with E-state index in [4.69, 9.17) is 14.2 Å². The SMILES string of the molecule is CC(C(=O)Nc1cc(C(F)(F)F)ccc1N1CCOCC1)c1ccc2c(c1)OCCO2. The smallest absolute Gasteiger partial charge is 0.416 e. The third-order valence-electron chi connectivity index (χ3n) is 5.39. The van der Waals surface area contributed by atoms with Gasteiger partial charge in [0, 0.05) is 13.1 Å². The molecule has 1 atom stereocenters. The van der Waals surface area contributed by atoms with E-state index in [2.05, 4.69) is 5.32 Å². The number of ether oxygens (including phenoxy) is 3. The zero-order chi connectivity index (χ0) is 22.0. The summed E-state index contributed by atoms with van der Waals surface area (Å²) in [7, 11) is 0. The molecule has 31 heavy (non-hydrogen) atoms. The molecule has 1 N–H and O–H groups in total. The monoisotopic (exact) mass is 436 g/mol. The lowest BCUT2D eigenvalue weighted by molar-refractivity contribution is -0.137. The van der Waals surface area contributed by atoms with E-state index in [1.165, 1.54) is 6.07 Å². The maximum atomic E-state index is 13.3. The highest BCUT2D eigenvalue weighted by atomic mass is 19.4. The fraction of sp³-hybridized carbons (Fsp3) is 0.409. The minimum Gasteiger partial charge on any atom is -0.486 e. The van der Waals surface area contributed by atoms with Gasteiger partial charge in [0.2, 0.25) is 5.91 Å². The van der Waals surface area contributed by atoms with Gasteiger partial charge in [-0.1, -0.05) is 6.07 Å². The van der Waals surface area contributed by atoms with Gasteiger partial charge in [0.1, 0.15) is 13.2 Å². The van der Waals surface area contributed by atoms with Crippen LogP contribution in [-0.4, -0.2) is 45.4 Å². The fourth-order valence-electron chi connectivity index (χ4n) is 3.61. The lowest BCUT2D eigenvalue weighted by atomic mass is 9.99. The van der Waals surface area contributed by atoms with E-state index in [0.29, 0.717) is 62.3 Å². The number of nitrogens with one attached hydrogen (secondary N) is 1. The molecule has 0 spiro atoms. The molecule has 1 fully saturated rings. The molecule has 9 heteroatoms. The number of fused-ring (bicyclic) bond motifs is 1. The number of rotatable bonds is 4. The predicted octanol–water partition coefficient (Wildman–Crippen LogP) is 4.06. The van der Waals surface area contributed by atoms with E-state index in [1.807, 2.05) is 4.90 Å². The van der Waals surface area contributed by atoms with Crippen molar-refractivity contribution >= 4 is 17.3 Å². The molecular formula is C22H23F3N2O4. The molecule has 2 aromatic rings. The first-order valence-electron chi connectivity index (χ1n) is 10.1. The maximum absolute atomic E-state index is 13.3. The molecule has 2 aliphatic rings. The Bertz CT molecular complexity index is 958. The van der Waals surface area contributed by atoms with E-state index in [1.54, 1.807) is 25.1 Å². The largest absolute Gasteiger partial charge is 0.486 e. The molecule has 2 aromatic carbocycles. The van der Waals surface area contributed by atoms with Crippen LogP contribution in [0.1, 0.15) is 24.0 Å². The van der Waals surface area contributed by atoms with Gasteiger partial charge in [-0.2, -0.15) is 13.2 Å². The molecule has 1 unspecified atom stereocenters. The Balaban J connectivity index is 1.59. The van der Waals surface area contributed by atoms with Crippen LogP contribution < -0.4 is 19.7 Å². The Kier molecular flexibility index (Phi) is 5.95. The number of anilines is 2. The second kappa shape index (κ2) is 8.66. The van der Waals surface area contributed by atoms with Gasteiger partial charge in [0.25, 0.3) is 0 Å². The standard InChI is InChI=1S/C22H23F3N2O4/c1-14(15-2-5-19-20(12-15)31-11-10-30-19)21(28)26-17-13-16(22(23,24)25)3-4-18(17)27-6-8-29-9-7-27/h2-5,12-14H,6-11H2,1H3,(H,26,28). The van der Waals surface area contributed by atoms with Gasteiger partial charge in [-0.3, -0.25) is 4.79 Å². The number of halogens is 3. The summed E-state index contributed by atoms with van der Waals surface area (Å²) in [5, 5.41) is 2.71. The van der Waals surface area contributed by atoms with Crippen molar-refractivity contribution in [2.24, 2.45) is 0 Å². The van der Waals surface area contributed by atoms with E-state index in [9.17, 15) is 18.0 Å². The van der Waals surface area contributed by atoms with Crippen molar-refractivity contribution in [1.29, 1.82) is 0 Å². The minimum atomic E-state index is -4.51. The van der Waals surface area contributed by atoms with Gasteiger partial charge in [-0.05, 0) is 42.8 Å². The molecule has 6 nitrogen and oxygen atoms in total. The summed E-state index contributed by atoms with van der Waals surface area (Å²) in [5.41, 5.74) is 0.540. The summed E-state index contributed by atoms with van der Waals surface area (Å²) < 4.78 is 56.3. The van der Waals surface area contributed by atoms with Crippen LogP contribution in [0, 0.1) is 0 Å². The molecule has 2 heterocycles. The predicted molar refractivity (Wildman–Crippen MR) is 109 cm³/mol. The average Bonchev–Trinajstić information content (AvgIpc) is 2.78. The topological polar surface area (TPSA) is 60.0 Å². The van der Waals surface area contributed by atoms with Gasteiger partial charge in [0.05, 0.1) is 36.1 Å². The normalized spacial score (nSPS) is 17.2. The lowest BCUT2D eigenvalue weighted by Gasteiger charge is -2.31. The maximum Gasteiger partial charge on any atom is 0.416 e. The van der Waals surface area contributed by atoms with E-state index >= 15 is 0 Å². The quantitative estimate of drug-likeness (QED) is 0.784. The summed E-state index contributed by atoms with van der Waals surface area (Å²) in [5.74, 6) is 0.139. The van der Waals surface area contributed by atoms with Crippen molar-refractivity contribution in [2.45, 2.75) is 19.0 Å². The molecule has 1 amide bonds. The Hall–Kier alpha value is -2.94. The Morgan fingerprint density at radius 1 is 1.00 bits per heavy atom. The highest BCUT2D eigenvalue weighted by Gasteiger charge is 2.32. The van der Waals surface area contributed by atoms with E-state index < -0.39 is 23.6 Å². The van der Waals surface area contributed by atoms with Crippen molar-refractivity contribution in [1.82, 2.24) is 0 Å². The van der Waals surface area contributed by atoms with Gasteiger partial charge in [-0.25, -0.2) is 0 Å². The number of carbonyl (C=O) groups is 1. The van der Waals surface area contributed by atoms with Crippen LogP contribution in [0.2, 0.25) is 0 Å². The number of amides is 1. The van der Waals surface area contributed by atoms with Crippen molar-refractivity contribution in [3.63, 3.8) is 0 Å². The van der Waals surface area contributed by atoms with Crippen LogP contribution >= 0.6 is 0 Å². The molecule has 4 rings (SSSR count). The second-order valence-corrected chi connectivity index (χ2v) is 7.44. The number of nitrogens with zero attached hydrogens (tertiary/aromatic N) is 1. The Morgan fingerprint density at radius 3 is 2.42 bits per heavy atom. The molecule has 2 aliphatic heterocycles. The van der Waals surface area contributed by atoms with Crippen molar-refractivity contribution in [3.05, 3.63) is 47.5 Å². The van der Waals surface area contributed by atoms with E-state index in [-0.39, 0.29) is 5.69 Å². The molecular weight excluding hydrogens is 413 g/mol. The van der Waals surface area contributed by atoms with Crippen LogP contribution in [-0.2, 0) is 15.7 Å². The number of hydrogen-bond acceptors (Lipinski definition) is 5. The first kappa shape index (κ1) is 21.3. The highest BCUT2D eigenvalue weighted by Crippen LogP contribution is 2.37. The second-order valence-electron chi connectivity index (χ2n) is 7.44. The summed E-state index contributed by atoms with van der Waals surface area (Å²) in [6.07, 6.45) is -4.51. The number of carbonyl (C=O) groups excluding carboxylic acids is 1. The molecule has 0 radical (unpaired) electrons. The zero-order valence-electron chi connectivity index (χ0n) is 17.0. The highest BCUT2D eigenvalue weighted by molar-refractivity contribution is 5.98. The third kappa shape index (κ3) is 4.71. The first-order valence-corrected chi connectivity index (χ1v) is 10.1. The molecule has 0 bridgehead atoms. The van der Waals surface area contributed by atoms with Crippen molar-refractivity contribution in [3.8, 4) is 11.5 Å². The average molecular weight is 436 g/mol. The summed E-state index contributed by atoms with van der Waals surface area (Å²) in [6.45, 7) is 4.59. The number of hydrogen-bond donors (Lipinski definition) is 1. The third-order valence-corrected chi connectivity index (χ3v) is 5.39. The number of alkyl halides is 3. The molecule has 0 saturated carbocycles. The van der Waals surface area contributed by atoms with Crippen LogP contribution in [0.5, 0.6) is 11.5 Å². The molecule has 1 saturated heterocycles. The van der Waals surface area contributed by atoms with Crippen LogP contribution in [0.3, 0.4) is 0 Å². The fourth-order valence-corrected chi connectivity index (χ4v) is 3.61. The van der Waals surface area contributed by atoms with Crippen molar-refractivity contribution in [2.75, 3.05) is 49.7 Å². The van der Waals surface area contributed by atoms with E-state index in [0.717, 1.165) is 12.1 Å². The molecule has 166 valence electrons. The molecule has 0 aromatic heterocycles. The zero-order valence-corrected chi connectivity index (χ0v) is 17.0. The first-order chi connectivity index (χ1) is 14.8. The van der Waals surface area contributed by atoms with Crippen molar-refractivity contribution < 1.29 is 32.2 Å².